The normalized spacial score (nSPS) is 14.8. The summed E-state index contributed by atoms with van der Waals surface area (Å²) >= 11 is 0. The molecular weight excluding hydrogens is 430 g/mol. The van der Waals surface area contributed by atoms with Gasteiger partial charge in [0.2, 0.25) is 0 Å². The fourth-order valence-electron chi connectivity index (χ4n) is 4.46. The Morgan fingerprint density at radius 3 is 1.91 bits per heavy atom. The van der Waals surface area contributed by atoms with E-state index in [9.17, 15) is 17.6 Å². The maximum absolute atomic E-state index is 14.1. The zero-order chi connectivity index (χ0) is 23.1. The van der Waals surface area contributed by atoms with E-state index in [0.29, 0.717) is 40.9 Å². The molecule has 4 aromatic rings. The highest BCUT2D eigenvalue weighted by atomic mass is 19.1. The molecule has 0 saturated carbocycles. The maximum atomic E-state index is 14.1. The van der Waals surface area contributed by atoms with Gasteiger partial charge in [0.15, 0.2) is 0 Å². The van der Waals surface area contributed by atoms with E-state index < -0.39 is 23.3 Å². The lowest BCUT2D eigenvalue weighted by Crippen LogP contribution is -2.40. The van der Waals surface area contributed by atoms with Crippen molar-refractivity contribution < 1.29 is 17.6 Å². The van der Waals surface area contributed by atoms with Crippen LogP contribution < -0.4 is 10.6 Å². The summed E-state index contributed by atoms with van der Waals surface area (Å²) in [4.78, 5) is 6.65. The predicted octanol–water partition coefficient (Wildman–Crippen LogP) is 6.05. The molecule has 7 heteroatoms. The Balaban J connectivity index is 1.75. The van der Waals surface area contributed by atoms with Crippen LogP contribution in [0, 0.1) is 23.3 Å². The molecule has 1 aliphatic rings. The molecule has 1 fully saturated rings. The quantitative estimate of drug-likeness (QED) is 0.386. The summed E-state index contributed by atoms with van der Waals surface area (Å²) in [7, 11) is 0. The number of hydrogen-bond acceptors (Lipinski definition) is 3. The minimum Gasteiger partial charge on any atom is -0.370 e. The summed E-state index contributed by atoms with van der Waals surface area (Å²) in [6.45, 7) is 1.34. The predicted molar refractivity (Wildman–Crippen MR) is 122 cm³/mol. The van der Waals surface area contributed by atoms with Crippen molar-refractivity contribution in [2.24, 2.45) is 5.73 Å². The Kier molecular flexibility index (Phi) is 5.50. The van der Waals surface area contributed by atoms with Gasteiger partial charge >= 0.3 is 0 Å². The van der Waals surface area contributed by atoms with Crippen LogP contribution in [0.25, 0.3) is 33.2 Å². The van der Waals surface area contributed by atoms with Gasteiger partial charge < -0.3 is 10.6 Å². The van der Waals surface area contributed by atoms with Gasteiger partial charge in [-0.25, -0.2) is 17.6 Å². The SMILES string of the molecule is NC1CCN(c2c(-c3cc(F)cc(F)c3)cnc3ccc(-c4cc(F)cc(F)c4)cc23)CC1. The lowest BCUT2D eigenvalue weighted by molar-refractivity contribution is 0.502. The number of nitrogens with two attached hydrogens (primary N) is 1. The van der Waals surface area contributed by atoms with Crippen LogP contribution in [0.5, 0.6) is 0 Å². The molecule has 2 heterocycles. The minimum atomic E-state index is -0.680. The molecule has 168 valence electrons. The van der Waals surface area contributed by atoms with Crippen molar-refractivity contribution >= 4 is 16.6 Å². The summed E-state index contributed by atoms with van der Waals surface area (Å²) in [5, 5.41) is 0.731. The zero-order valence-electron chi connectivity index (χ0n) is 17.7. The molecule has 0 radical (unpaired) electrons. The van der Waals surface area contributed by atoms with E-state index in [-0.39, 0.29) is 6.04 Å². The third-order valence-electron chi connectivity index (χ3n) is 6.06. The Bertz CT molecular complexity index is 1300. The van der Waals surface area contributed by atoms with Gasteiger partial charge in [0.05, 0.1) is 11.2 Å². The summed E-state index contributed by atoms with van der Waals surface area (Å²) in [6.07, 6.45) is 3.16. The minimum absolute atomic E-state index is 0.0928. The summed E-state index contributed by atoms with van der Waals surface area (Å²) < 4.78 is 55.8. The standard InChI is InChI=1S/C26H21F4N3/c27-18-7-16(8-19(28)12-18)15-1-2-25-23(11-15)26(33-5-3-22(31)4-6-33)24(14-32-25)17-9-20(29)13-21(30)10-17/h1-2,7-14,22H,3-6,31H2. The zero-order valence-corrected chi connectivity index (χ0v) is 17.7. The Hall–Kier alpha value is -3.45. The van der Waals surface area contributed by atoms with Crippen molar-refractivity contribution in [2.75, 3.05) is 18.0 Å². The highest BCUT2D eigenvalue weighted by Gasteiger charge is 2.23. The van der Waals surface area contributed by atoms with E-state index in [1.165, 1.54) is 24.3 Å². The maximum Gasteiger partial charge on any atom is 0.126 e. The van der Waals surface area contributed by atoms with Crippen LogP contribution in [0.1, 0.15) is 12.8 Å². The largest absolute Gasteiger partial charge is 0.370 e. The molecule has 33 heavy (non-hydrogen) atoms. The number of hydrogen-bond donors (Lipinski definition) is 1. The number of rotatable bonds is 3. The fourth-order valence-corrected chi connectivity index (χ4v) is 4.46. The number of benzene rings is 3. The molecule has 1 aliphatic heterocycles. The van der Waals surface area contributed by atoms with E-state index in [1.807, 2.05) is 6.07 Å². The average molecular weight is 451 g/mol. The molecule has 3 nitrogen and oxygen atoms in total. The van der Waals surface area contributed by atoms with Crippen molar-refractivity contribution in [3.05, 3.63) is 84.1 Å². The third kappa shape index (κ3) is 4.28. The first-order chi connectivity index (χ1) is 15.9. The number of fused-ring (bicyclic) bond motifs is 1. The van der Waals surface area contributed by atoms with E-state index in [0.717, 1.165) is 36.0 Å². The Morgan fingerprint density at radius 1 is 0.727 bits per heavy atom. The number of halogens is 4. The molecule has 0 amide bonds. The molecule has 0 spiro atoms. The van der Waals surface area contributed by atoms with Gasteiger partial charge in [0, 0.05) is 48.4 Å². The monoisotopic (exact) mass is 451 g/mol. The van der Waals surface area contributed by atoms with Gasteiger partial charge in [-0.1, -0.05) is 6.07 Å². The van der Waals surface area contributed by atoms with E-state index in [4.69, 9.17) is 5.73 Å². The summed E-state index contributed by atoms with van der Waals surface area (Å²) in [5.74, 6) is -2.70. The van der Waals surface area contributed by atoms with E-state index >= 15 is 0 Å². The molecule has 1 aromatic heterocycles. The van der Waals surface area contributed by atoms with Crippen molar-refractivity contribution in [1.82, 2.24) is 4.98 Å². The first-order valence-electron chi connectivity index (χ1n) is 10.7. The lowest BCUT2D eigenvalue weighted by Gasteiger charge is -2.34. The molecule has 5 rings (SSSR count). The van der Waals surface area contributed by atoms with Crippen molar-refractivity contribution in [3.8, 4) is 22.3 Å². The third-order valence-corrected chi connectivity index (χ3v) is 6.06. The number of nitrogens with zero attached hydrogens (tertiary/aromatic N) is 2. The Labute approximate surface area is 188 Å². The van der Waals surface area contributed by atoms with Gasteiger partial charge in [0.25, 0.3) is 0 Å². The van der Waals surface area contributed by atoms with Crippen LogP contribution in [-0.4, -0.2) is 24.1 Å². The van der Waals surface area contributed by atoms with Gasteiger partial charge in [-0.2, -0.15) is 0 Å². The van der Waals surface area contributed by atoms with Crippen LogP contribution in [-0.2, 0) is 0 Å². The van der Waals surface area contributed by atoms with Crippen molar-refractivity contribution in [2.45, 2.75) is 18.9 Å². The second-order valence-electron chi connectivity index (χ2n) is 8.39. The van der Waals surface area contributed by atoms with Gasteiger partial charge in [-0.3, -0.25) is 4.98 Å². The second-order valence-corrected chi connectivity index (χ2v) is 8.39. The molecule has 0 unspecified atom stereocenters. The smallest absolute Gasteiger partial charge is 0.126 e. The topological polar surface area (TPSA) is 42.1 Å². The number of anilines is 1. The second kappa shape index (κ2) is 8.48. The van der Waals surface area contributed by atoms with Crippen molar-refractivity contribution in [3.63, 3.8) is 0 Å². The molecule has 1 saturated heterocycles. The first-order valence-corrected chi connectivity index (χ1v) is 10.7. The first kappa shape index (κ1) is 21.4. The molecular formula is C26H21F4N3. The van der Waals surface area contributed by atoms with Crippen LogP contribution >= 0.6 is 0 Å². The molecule has 0 aliphatic carbocycles. The highest BCUT2D eigenvalue weighted by Crippen LogP contribution is 2.39. The van der Waals surface area contributed by atoms with Crippen molar-refractivity contribution in [1.29, 1.82) is 0 Å². The molecule has 3 aromatic carbocycles. The summed E-state index contributed by atoms with van der Waals surface area (Å²) in [5.41, 5.74) is 9.49. The van der Waals surface area contributed by atoms with Crippen LogP contribution in [0.2, 0.25) is 0 Å². The van der Waals surface area contributed by atoms with Gasteiger partial charge in [-0.15, -0.1) is 0 Å². The number of aromatic nitrogens is 1. The Morgan fingerprint density at radius 2 is 1.30 bits per heavy atom. The van der Waals surface area contributed by atoms with Gasteiger partial charge in [0.1, 0.15) is 23.3 Å². The number of pyridine rings is 1. The average Bonchev–Trinajstić information content (AvgIpc) is 2.77. The van der Waals surface area contributed by atoms with E-state index in [1.54, 1.807) is 18.3 Å². The molecule has 0 atom stereocenters. The van der Waals surface area contributed by atoms with Crippen LogP contribution in [0.15, 0.2) is 60.8 Å². The highest BCUT2D eigenvalue weighted by molar-refractivity contribution is 6.01. The van der Waals surface area contributed by atoms with Gasteiger partial charge in [-0.05, 0) is 65.9 Å². The van der Waals surface area contributed by atoms with Crippen LogP contribution in [0.3, 0.4) is 0 Å². The number of piperidine rings is 1. The lowest BCUT2D eigenvalue weighted by atomic mass is 9.96. The molecule has 0 bridgehead atoms. The fraction of sp³-hybridized carbons (Fsp3) is 0.192. The molecule has 2 N–H and O–H groups in total. The summed E-state index contributed by atoms with van der Waals surface area (Å²) in [6, 6.07) is 12.2. The van der Waals surface area contributed by atoms with E-state index in [2.05, 4.69) is 9.88 Å². The van der Waals surface area contributed by atoms with Crippen LogP contribution in [0.4, 0.5) is 23.2 Å².